The quantitative estimate of drug-likeness (QED) is 0.569. The Hall–Kier alpha value is -2.74. The van der Waals surface area contributed by atoms with Gasteiger partial charge < -0.3 is 9.80 Å². The molecule has 0 atom stereocenters. The van der Waals surface area contributed by atoms with Crippen LogP contribution < -0.4 is 4.90 Å². The van der Waals surface area contributed by atoms with Gasteiger partial charge in [0, 0.05) is 18.8 Å². The molecule has 0 aliphatic rings. The Morgan fingerprint density at radius 1 is 1.07 bits per heavy atom. The Balaban J connectivity index is 2.20. The molecule has 0 radical (unpaired) electrons. The molecule has 0 aliphatic heterocycles. The van der Waals surface area contributed by atoms with Crippen LogP contribution in [0.4, 0.5) is 16.4 Å². The molecule has 0 spiro atoms. The van der Waals surface area contributed by atoms with E-state index >= 15 is 0 Å². The molecule has 146 valence electrons. The largest absolute Gasteiger partial charge is 0.372 e. The highest BCUT2D eigenvalue weighted by atomic mass is 32.1. The molecular weight excluding hydrogens is 368 g/mol. The Labute approximate surface area is 171 Å². The number of hydrogen-bond donors (Lipinski definition) is 0. The first kappa shape index (κ1) is 21.6. The molecule has 2 aromatic rings. The molecule has 0 saturated carbocycles. The molecule has 0 N–H and O–H groups in total. The van der Waals surface area contributed by atoms with Crippen LogP contribution >= 0.6 is 11.3 Å². The van der Waals surface area contributed by atoms with Crippen molar-refractivity contribution in [2.45, 2.75) is 27.2 Å². The number of anilines is 1. The minimum atomic E-state index is 0.428. The number of rotatable bonds is 8. The highest BCUT2D eigenvalue weighted by Gasteiger charge is 2.14. The van der Waals surface area contributed by atoms with E-state index < -0.39 is 0 Å². The Morgan fingerprint density at radius 2 is 1.82 bits per heavy atom. The van der Waals surface area contributed by atoms with E-state index in [1.165, 1.54) is 17.0 Å². The zero-order valence-corrected chi connectivity index (χ0v) is 18.0. The maximum absolute atomic E-state index is 9.33. The summed E-state index contributed by atoms with van der Waals surface area (Å²) in [4.78, 5) is 5.06. The van der Waals surface area contributed by atoms with Gasteiger partial charge in [-0.15, -0.1) is 21.6 Å². The predicted octanol–water partition coefficient (Wildman–Crippen LogP) is 5.30. The average Bonchev–Trinajstić information content (AvgIpc) is 2.98. The van der Waals surface area contributed by atoms with Crippen LogP contribution in [0.2, 0.25) is 0 Å². The lowest BCUT2D eigenvalue weighted by Crippen LogP contribution is -2.27. The van der Waals surface area contributed by atoms with Gasteiger partial charge in [-0.25, -0.2) is 0 Å². The first-order chi connectivity index (χ1) is 13.4. The van der Waals surface area contributed by atoms with Crippen LogP contribution in [0.15, 0.2) is 28.4 Å². The summed E-state index contributed by atoms with van der Waals surface area (Å²) >= 11 is 1.20. The molecule has 0 fully saturated rings. The van der Waals surface area contributed by atoms with Crippen molar-refractivity contribution in [3.05, 3.63) is 39.8 Å². The zero-order chi connectivity index (χ0) is 20.7. The Kier molecular flexibility index (Phi) is 7.69. The van der Waals surface area contributed by atoms with E-state index in [-0.39, 0.29) is 0 Å². The topological polar surface area (TPSA) is 78.8 Å². The zero-order valence-electron chi connectivity index (χ0n) is 17.2. The number of benzene rings is 1. The summed E-state index contributed by atoms with van der Waals surface area (Å²) in [7, 11) is 4.18. The fourth-order valence-electron chi connectivity index (χ4n) is 2.90. The van der Waals surface area contributed by atoms with Gasteiger partial charge in [0.2, 0.25) is 0 Å². The molecule has 0 amide bonds. The van der Waals surface area contributed by atoms with Gasteiger partial charge in [0.15, 0.2) is 5.00 Å². The summed E-state index contributed by atoms with van der Waals surface area (Å²) in [5, 5.41) is 27.5. The number of thiophene rings is 1. The summed E-state index contributed by atoms with van der Waals surface area (Å²) in [6, 6.07) is 10.4. The molecule has 2 rings (SSSR count). The monoisotopic (exact) mass is 394 g/mol. The maximum Gasteiger partial charge on any atom is 0.158 e. The number of aryl methyl sites for hydroxylation is 1. The lowest BCUT2D eigenvalue weighted by molar-refractivity contribution is 0.400. The lowest BCUT2D eigenvalue weighted by atomic mass is 10.1. The Morgan fingerprint density at radius 3 is 2.39 bits per heavy atom. The molecular formula is C21H26N6S. The summed E-state index contributed by atoms with van der Waals surface area (Å²) < 4.78 is 0. The van der Waals surface area contributed by atoms with Crippen molar-refractivity contribution in [3.8, 4) is 12.1 Å². The molecule has 1 aromatic carbocycles. The first-order valence-electron chi connectivity index (χ1n) is 9.26. The van der Waals surface area contributed by atoms with Gasteiger partial charge in [-0.1, -0.05) is 0 Å². The summed E-state index contributed by atoms with van der Waals surface area (Å²) in [5.74, 6) is 0. The minimum Gasteiger partial charge on any atom is -0.372 e. The van der Waals surface area contributed by atoms with Crippen LogP contribution in [0.1, 0.15) is 34.9 Å². The third kappa shape index (κ3) is 5.16. The van der Waals surface area contributed by atoms with Crippen molar-refractivity contribution in [3.63, 3.8) is 0 Å². The second-order valence-corrected chi connectivity index (χ2v) is 7.87. The summed E-state index contributed by atoms with van der Waals surface area (Å²) in [5.41, 5.74) is 4.07. The Bertz CT molecular complexity index is 930. The molecule has 0 bridgehead atoms. The fourth-order valence-corrected chi connectivity index (χ4v) is 3.78. The van der Waals surface area contributed by atoms with Crippen molar-refractivity contribution >= 4 is 27.7 Å². The van der Waals surface area contributed by atoms with E-state index in [9.17, 15) is 5.26 Å². The third-order valence-corrected chi connectivity index (χ3v) is 5.63. The normalized spacial score (nSPS) is 11.0. The predicted molar refractivity (Wildman–Crippen MR) is 115 cm³/mol. The third-order valence-electron chi connectivity index (χ3n) is 4.55. The second-order valence-electron chi connectivity index (χ2n) is 6.87. The van der Waals surface area contributed by atoms with Crippen molar-refractivity contribution < 1.29 is 0 Å². The molecule has 0 unspecified atom stereocenters. The van der Waals surface area contributed by atoms with Crippen LogP contribution in [-0.4, -0.2) is 38.6 Å². The van der Waals surface area contributed by atoms with E-state index in [0.29, 0.717) is 21.0 Å². The molecule has 6 nitrogen and oxygen atoms in total. The minimum absolute atomic E-state index is 0.428. The second kappa shape index (κ2) is 9.98. The van der Waals surface area contributed by atoms with Gasteiger partial charge >= 0.3 is 0 Å². The van der Waals surface area contributed by atoms with E-state index in [1.807, 2.05) is 13.0 Å². The standard InChI is InChI=1S/C21H26N6S/c1-6-27(11-7-10-26(4)5)17-8-9-19(15(2)12-17)24-25-21-18(13-22)16(3)20(14-23)28-21/h8-9,12H,6-7,10-11H2,1-5H3/b25-24+. The molecule has 1 heterocycles. The van der Waals surface area contributed by atoms with Crippen molar-refractivity contribution in [1.82, 2.24) is 4.90 Å². The fraction of sp³-hybridized carbons (Fsp3) is 0.429. The molecule has 1 aromatic heterocycles. The number of hydrogen-bond acceptors (Lipinski definition) is 7. The van der Waals surface area contributed by atoms with Crippen molar-refractivity contribution in [2.75, 3.05) is 38.6 Å². The maximum atomic E-state index is 9.33. The molecule has 0 saturated heterocycles. The number of azo groups is 1. The van der Waals surface area contributed by atoms with Crippen LogP contribution in [0, 0.1) is 36.5 Å². The van der Waals surface area contributed by atoms with Crippen LogP contribution in [-0.2, 0) is 0 Å². The summed E-state index contributed by atoms with van der Waals surface area (Å²) in [6.07, 6.45) is 1.11. The van der Waals surface area contributed by atoms with Crippen LogP contribution in [0.3, 0.4) is 0 Å². The average molecular weight is 395 g/mol. The smallest absolute Gasteiger partial charge is 0.158 e. The number of nitriles is 2. The van der Waals surface area contributed by atoms with Gasteiger partial charge in [-0.3, -0.25) is 0 Å². The van der Waals surface area contributed by atoms with E-state index in [1.54, 1.807) is 6.92 Å². The van der Waals surface area contributed by atoms with Crippen molar-refractivity contribution in [2.24, 2.45) is 10.2 Å². The summed E-state index contributed by atoms with van der Waals surface area (Å²) in [6.45, 7) is 8.96. The highest BCUT2D eigenvalue weighted by molar-refractivity contribution is 7.16. The first-order valence-corrected chi connectivity index (χ1v) is 10.1. The number of nitrogens with zero attached hydrogens (tertiary/aromatic N) is 6. The van der Waals surface area contributed by atoms with Gasteiger partial charge in [0.1, 0.15) is 17.0 Å². The van der Waals surface area contributed by atoms with Gasteiger partial charge in [-0.05, 0) is 77.2 Å². The van der Waals surface area contributed by atoms with E-state index in [4.69, 9.17) is 5.26 Å². The molecule has 7 heteroatoms. The van der Waals surface area contributed by atoms with Crippen LogP contribution in [0.5, 0.6) is 0 Å². The van der Waals surface area contributed by atoms with E-state index in [0.717, 1.165) is 37.3 Å². The van der Waals surface area contributed by atoms with Gasteiger partial charge in [0.25, 0.3) is 0 Å². The van der Waals surface area contributed by atoms with Gasteiger partial charge in [0.05, 0.1) is 11.3 Å². The van der Waals surface area contributed by atoms with E-state index in [2.05, 4.69) is 65.3 Å². The highest BCUT2D eigenvalue weighted by Crippen LogP contribution is 2.36. The lowest BCUT2D eigenvalue weighted by Gasteiger charge is -2.24. The SMILES string of the molecule is CCN(CCCN(C)C)c1ccc(/N=N/c2sc(C#N)c(C)c2C#N)c(C)c1. The van der Waals surface area contributed by atoms with Gasteiger partial charge in [-0.2, -0.15) is 10.5 Å². The molecule has 28 heavy (non-hydrogen) atoms. The molecule has 0 aliphatic carbocycles. The van der Waals surface area contributed by atoms with Crippen molar-refractivity contribution in [1.29, 1.82) is 10.5 Å². The van der Waals surface area contributed by atoms with Crippen LogP contribution in [0.25, 0.3) is 0 Å².